The maximum Gasteiger partial charge on any atom is 0.440 e. The zero-order valence-electron chi connectivity index (χ0n) is 13.9. The minimum Gasteiger partial charge on any atom is -0.313 e. The lowest BCUT2D eigenvalue weighted by atomic mass is 10.1. The van der Waals surface area contributed by atoms with E-state index < -0.39 is 35.7 Å². The Morgan fingerprint density at radius 1 is 1.19 bits per heavy atom. The molecule has 0 bridgehead atoms. The Morgan fingerprint density at radius 2 is 1.85 bits per heavy atom. The zero-order valence-corrected chi connectivity index (χ0v) is 14.7. The number of carbonyl (C=O) groups is 3. The van der Waals surface area contributed by atoms with Crippen molar-refractivity contribution in [2.45, 2.75) is 24.8 Å². The summed E-state index contributed by atoms with van der Waals surface area (Å²) in [4.78, 5) is 37.6. The number of imide groups is 1. The van der Waals surface area contributed by atoms with Crippen LogP contribution in [-0.4, -0.2) is 34.6 Å². The van der Waals surface area contributed by atoms with Gasteiger partial charge in [-0.1, -0.05) is 36.4 Å². The first-order chi connectivity index (χ1) is 12.7. The topological polar surface area (TPSA) is 78.5 Å². The van der Waals surface area contributed by atoms with Crippen LogP contribution in [0.3, 0.4) is 0 Å². The summed E-state index contributed by atoms with van der Waals surface area (Å²) >= 11 is 0.913. The molecule has 0 aliphatic carbocycles. The standard InChI is InChI=1S/C17H14F3N3O3S/c1-10(11-6-3-2-4-7-11)23-14(25)16(17(18,19)20,22-15(23)26)21-13(24)12-8-5-9-27-12/h2-10H,1H3,(H,21,24)(H,22,26)/t10-,16+/m1/s1. The van der Waals surface area contributed by atoms with E-state index in [4.69, 9.17) is 0 Å². The third-order valence-electron chi connectivity index (χ3n) is 4.19. The molecule has 1 fully saturated rings. The summed E-state index contributed by atoms with van der Waals surface area (Å²) < 4.78 is 41.4. The van der Waals surface area contributed by atoms with Crippen LogP contribution in [0, 0.1) is 0 Å². The molecule has 2 heterocycles. The summed E-state index contributed by atoms with van der Waals surface area (Å²) in [5, 5.41) is 4.82. The molecule has 1 aliphatic rings. The van der Waals surface area contributed by atoms with Gasteiger partial charge in [0.2, 0.25) is 0 Å². The first-order valence-corrected chi connectivity index (χ1v) is 8.69. The number of benzene rings is 1. The fourth-order valence-electron chi connectivity index (χ4n) is 2.77. The molecule has 1 aromatic carbocycles. The smallest absolute Gasteiger partial charge is 0.313 e. The Bertz CT molecular complexity index is 871. The molecule has 6 nitrogen and oxygen atoms in total. The van der Waals surface area contributed by atoms with E-state index in [1.165, 1.54) is 24.4 Å². The molecule has 0 unspecified atom stereocenters. The van der Waals surface area contributed by atoms with Crippen molar-refractivity contribution in [3.8, 4) is 0 Å². The van der Waals surface area contributed by atoms with Gasteiger partial charge in [-0.15, -0.1) is 11.3 Å². The Hall–Kier alpha value is -2.88. The average Bonchev–Trinajstić information content (AvgIpc) is 3.23. The Morgan fingerprint density at radius 3 is 2.41 bits per heavy atom. The summed E-state index contributed by atoms with van der Waals surface area (Å²) in [5.74, 6) is -2.69. The van der Waals surface area contributed by atoms with Crippen molar-refractivity contribution >= 4 is 29.2 Å². The van der Waals surface area contributed by atoms with Crippen LogP contribution in [0.5, 0.6) is 0 Å². The number of halogens is 3. The second-order valence-corrected chi connectivity index (χ2v) is 6.82. The van der Waals surface area contributed by atoms with Gasteiger partial charge < -0.3 is 5.32 Å². The molecular weight excluding hydrogens is 383 g/mol. The molecule has 142 valence electrons. The fraction of sp³-hybridized carbons (Fsp3) is 0.235. The maximum absolute atomic E-state index is 13.8. The van der Waals surface area contributed by atoms with E-state index in [0.29, 0.717) is 10.5 Å². The second kappa shape index (κ2) is 6.69. The van der Waals surface area contributed by atoms with E-state index >= 15 is 0 Å². The normalized spacial score (nSPS) is 21.1. The quantitative estimate of drug-likeness (QED) is 0.779. The number of hydrogen-bond acceptors (Lipinski definition) is 4. The first-order valence-electron chi connectivity index (χ1n) is 7.81. The molecule has 2 aromatic rings. The van der Waals surface area contributed by atoms with Crippen molar-refractivity contribution in [3.05, 3.63) is 58.3 Å². The van der Waals surface area contributed by atoms with Crippen LogP contribution in [0.4, 0.5) is 18.0 Å². The summed E-state index contributed by atoms with van der Waals surface area (Å²) in [7, 11) is 0. The van der Waals surface area contributed by atoms with E-state index in [9.17, 15) is 27.6 Å². The monoisotopic (exact) mass is 397 g/mol. The highest BCUT2D eigenvalue weighted by Gasteiger charge is 2.69. The maximum atomic E-state index is 13.8. The molecule has 0 saturated carbocycles. The Balaban J connectivity index is 1.97. The number of thiophene rings is 1. The van der Waals surface area contributed by atoms with Gasteiger partial charge in [0.25, 0.3) is 17.5 Å². The summed E-state index contributed by atoms with van der Waals surface area (Å²) in [6, 6.07) is 8.76. The van der Waals surface area contributed by atoms with E-state index in [0.717, 1.165) is 11.3 Å². The number of alkyl halides is 3. The van der Waals surface area contributed by atoms with Crippen LogP contribution in [0.1, 0.15) is 28.2 Å². The number of urea groups is 1. The molecule has 0 radical (unpaired) electrons. The lowest BCUT2D eigenvalue weighted by Gasteiger charge is -2.30. The van der Waals surface area contributed by atoms with Gasteiger partial charge in [0.1, 0.15) is 0 Å². The minimum absolute atomic E-state index is 0.0183. The van der Waals surface area contributed by atoms with Crippen LogP contribution in [-0.2, 0) is 4.79 Å². The summed E-state index contributed by atoms with van der Waals surface area (Å²) in [6.07, 6.45) is -5.24. The summed E-state index contributed by atoms with van der Waals surface area (Å²) in [5.41, 5.74) is -3.04. The van der Waals surface area contributed by atoms with E-state index in [2.05, 4.69) is 0 Å². The van der Waals surface area contributed by atoms with Crippen LogP contribution in [0.25, 0.3) is 0 Å². The van der Waals surface area contributed by atoms with Crippen LogP contribution < -0.4 is 10.6 Å². The third kappa shape index (κ3) is 3.16. The number of nitrogens with one attached hydrogen (secondary N) is 2. The molecule has 1 aliphatic heterocycles. The predicted octanol–water partition coefficient (Wildman–Crippen LogP) is 3.05. The lowest BCUT2D eigenvalue weighted by molar-refractivity contribution is -0.200. The number of hydrogen-bond donors (Lipinski definition) is 2. The summed E-state index contributed by atoms with van der Waals surface area (Å²) in [6.45, 7) is 1.43. The minimum atomic E-state index is -5.24. The van der Waals surface area contributed by atoms with Crippen molar-refractivity contribution < 1.29 is 27.6 Å². The second-order valence-electron chi connectivity index (χ2n) is 5.87. The van der Waals surface area contributed by atoms with Crippen LogP contribution in [0.15, 0.2) is 47.8 Å². The van der Waals surface area contributed by atoms with Gasteiger partial charge >= 0.3 is 12.2 Å². The SMILES string of the molecule is C[C@H](c1ccccc1)N1C(=O)N[C@](NC(=O)c2cccs2)(C(F)(F)F)C1=O. The van der Waals surface area contributed by atoms with Crippen LogP contribution in [0.2, 0.25) is 0 Å². The molecule has 10 heteroatoms. The van der Waals surface area contributed by atoms with Gasteiger partial charge in [0.05, 0.1) is 10.9 Å². The molecule has 2 N–H and O–H groups in total. The molecular formula is C17H14F3N3O3S. The molecule has 1 saturated heterocycles. The van der Waals surface area contributed by atoms with Gasteiger partial charge in [-0.05, 0) is 23.9 Å². The average molecular weight is 397 g/mol. The molecule has 3 rings (SSSR count). The van der Waals surface area contributed by atoms with Gasteiger partial charge in [-0.3, -0.25) is 19.8 Å². The van der Waals surface area contributed by atoms with Crippen molar-refractivity contribution in [1.82, 2.24) is 15.5 Å². The number of carbonyl (C=O) groups excluding carboxylic acids is 3. The number of amides is 4. The van der Waals surface area contributed by atoms with Gasteiger partial charge in [-0.25, -0.2) is 4.79 Å². The zero-order chi connectivity index (χ0) is 19.8. The Labute approximate surface area is 156 Å². The Kier molecular flexibility index (Phi) is 4.68. The van der Waals surface area contributed by atoms with Crippen molar-refractivity contribution in [1.29, 1.82) is 0 Å². The van der Waals surface area contributed by atoms with E-state index in [1.54, 1.807) is 41.0 Å². The molecule has 27 heavy (non-hydrogen) atoms. The highest BCUT2D eigenvalue weighted by molar-refractivity contribution is 7.12. The third-order valence-corrected chi connectivity index (χ3v) is 5.06. The highest BCUT2D eigenvalue weighted by atomic mass is 32.1. The molecule has 2 atom stereocenters. The lowest BCUT2D eigenvalue weighted by Crippen LogP contribution is -2.69. The number of rotatable bonds is 4. The van der Waals surface area contributed by atoms with Crippen molar-refractivity contribution in [2.24, 2.45) is 0 Å². The van der Waals surface area contributed by atoms with Gasteiger partial charge in [-0.2, -0.15) is 13.2 Å². The van der Waals surface area contributed by atoms with Gasteiger partial charge in [0.15, 0.2) is 0 Å². The van der Waals surface area contributed by atoms with Crippen LogP contribution >= 0.6 is 11.3 Å². The van der Waals surface area contributed by atoms with Crippen molar-refractivity contribution in [3.63, 3.8) is 0 Å². The van der Waals surface area contributed by atoms with E-state index in [1.807, 2.05) is 0 Å². The molecule has 4 amide bonds. The van der Waals surface area contributed by atoms with Gasteiger partial charge in [0, 0.05) is 0 Å². The largest absolute Gasteiger partial charge is 0.440 e. The first kappa shape index (κ1) is 18.9. The fourth-order valence-corrected chi connectivity index (χ4v) is 3.39. The number of nitrogens with zero attached hydrogens (tertiary/aromatic N) is 1. The highest BCUT2D eigenvalue weighted by Crippen LogP contribution is 2.37. The molecule has 1 aromatic heterocycles. The predicted molar refractivity (Wildman–Crippen MR) is 90.8 cm³/mol. The molecule has 0 spiro atoms. The van der Waals surface area contributed by atoms with Crippen molar-refractivity contribution in [2.75, 3.05) is 0 Å². The van der Waals surface area contributed by atoms with E-state index in [-0.39, 0.29) is 4.88 Å².